The first-order valence-electron chi connectivity index (χ1n) is 9.71. The van der Waals surface area contributed by atoms with Gasteiger partial charge in [0.25, 0.3) is 5.91 Å². The summed E-state index contributed by atoms with van der Waals surface area (Å²) in [6.07, 6.45) is 0.668. The maximum atomic E-state index is 12.3. The Bertz CT molecular complexity index is 1280. The van der Waals surface area contributed by atoms with Crippen LogP contribution in [0.5, 0.6) is 11.5 Å². The van der Waals surface area contributed by atoms with Crippen molar-refractivity contribution in [1.29, 1.82) is 5.26 Å². The van der Waals surface area contributed by atoms with E-state index in [0.29, 0.717) is 29.3 Å². The van der Waals surface area contributed by atoms with Crippen molar-refractivity contribution in [3.8, 4) is 17.6 Å². The Balaban J connectivity index is 1.63. The molecule has 0 unspecified atom stereocenters. The van der Waals surface area contributed by atoms with Gasteiger partial charge >= 0.3 is 11.7 Å². The quantitative estimate of drug-likeness (QED) is 0.296. The number of benzene rings is 3. The number of hydrogen-bond donors (Lipinski definition) is 2. The lowest BCUT2D eigenvalue weighted by Gasteiger charge is -2.09. The van der Waals surface area contributed by atoms with E-state index in [9.17, 15) is 14.9 Å². The van der Waals surface area contributed by atoms with Gasteiger partial charge in [-0.2, -0.15) is 10.1 Å². The number of carbonyl (C=O) groups is 2. The first-order chi connectivity index (χ1) is 15.9. The number of rotatable bonds is 8. The Labute approximate surface area is 194 Å². The average molecular weight is 461 g/mol. The lowest BCUT2D eigenvalue weighted by Crippen LogP contribution is -2.25. The van der Waals surface area contributed by atoms with Crippen molar-refractivity contribution < 1.29 is 24.2 Å². The van der Waals surface area contributed by atoms with Gasteiger partial charge in [-0.05, 0) is 66.6 Å². The largest absolute Gasteiger partial charge is 0.472 e. The Morgan fingerprint density at radius 2 is 1.73 bits per heavy atom. The van der Waals surface area contributed by atoms with Crippen molar-refractivity contribution in [2.24, 2.45) is 0 Å². The van der Waals surface area contributed by atoms with Crippen LogP contribution in [0.2, 0.25) is 5.02 Å². The smallest absolute Gasteiger partial charge is 0.419 e. The van der Waals surface area contributed by atoms with Gasteiger partial charge in [-0.25, -0.2) is 4.79 Å². The highest BCUT2D eigenvalue weighted by Crippen LogP contribution is 2.26. The monoisotopic (exact) mass is 460 g/mol. The second kappa shape index (κ2) is 10.7. The summed E-state index contributed by atoms with van der Waals surface area (Å²) in [7, 11) is 0. The van der Waals surface area contributed by atoms with E-state index in [1.54, 1.807) is 36.4 Å². The number of amides is 1. The molecule has 0 heterocycles. The van der Waals surface area contributed by atoms with Crippen LogP contribution < -0.4 is 10.1 Å². The van der Waals surface area contributed by atoms with E-state index in [4.69, 9.17) is 27.0 Å². The van der Waals surface area contributed by atoms with E-state index in [2.05, 4.69) is 10.1 Å². The number of carboxylic acids is 1. The number of nitrogens with zero attached hydrogens (tertiary/aromatic N) is 3. The number of carboxylic acid groups (broad SMARTS) is 1. The van der Waals surface area contributed by atoms with Crippen LogP contribution in [0.3, 0.4) is 0 Å². The molecule has 2 N–H and O–H groups in total. The van der Waals surface area contributed by atoms with Gasteiger partial charge in [0, 0.05) is 17.1 Å². The Hall–Kier alpha value is -4.44. The summed E-state index contributed by atoms with van der Waals surface area (Å²) in [5.74, 6) is -1.10. The van der Waals surface area contributed by atoms with E-state index < -0.39 is 11.7 Å². The summed E-state index contributed by atoms with van der Waals surface area (Å²) in [6, 6.07) is 19.7. The zero-order valence-corrected chi connectivity index (χ0v) is 17.9. The minimum Gasteiger partial charge on any atom is -0.472 e. The van der Waals surface area contributed by atoms with Gasteiger partial charge in [0.05, 0.1) is 11.1 Å². The fourth-order valence-corrected chi connectivity index (χ4v) is 3.08. The molecular formula is C24H17ClN4O4. The second-order valence-electron chi connectivity index (χ2n) is 6.84. The first kappa shape index (κ1) is 23.2. The highest BCUT2D eigenvalue weighted by molar-refractivity contribution is 6.40. The van der Waals surface area contributed by atoms with E-state index in [-0.39, 0.29) is 22.8 Å². The molecule has 0 saturated carbocycles. The lowest BCUT2D eigenvalue weighted by atomic mass is 10.1. The summed E-state index contributed by atoms with van der Waals surface area (Å²) >= 11 is 5.86. The maximum Gasteiger partial charge on any atom is 0.419 e. The van der Waals surface area contributed by atoms with Gasteiger partial charge in [0.2, 0.25) is 0 Å². The number of aliphatic carboxylic acids is 1. The zero-order valence-electron chi connectivity index (χ0n) is 17.2. The summed E-state index contributed by atoms with van der Waals surface area (Å²) in [5.41, 5.74) is 9.89. The van der Waals surface area contributed by atoms with E-state index in [1.165, 1.54) is 18.2 Å². The fourth-order valence-electron chi connectivity index (χ4n) is 2.95. The number of nitrogens with one attached hydrogen (secondary N) is 1. The van der Waals surface area contributed by atoms with Gasteiger partial charge in [0.1, 0.15) is 17.6 Å². The minimum absolute atomic E-state index is 0.0546. The van der Waals surface area contributed by atoms with Crippen LogP contribution in [0.15, 0.2) is 66.7 Å². The van der Waals surface area contributed by atoms with Crippen molar-refractivity contribution in [1.82, 2.24) is 5.32 Å². The van der Waals surface area contributed by atoms with Gasteiger partial charge in [-0.1, -0.05) is 23.7 Å². The molecule has 0 atom stereocenters. The van der Waals surface area contributed by atoms with Crippen LogP contribution in [0, 0.1) is 11.3 Å². The molecule has 0 radical (unpaired) electrons. The summed E-state index contributed by atoms with van der Waals surface area (Å²) < 4.78 is 5.70. The minimum atomic E-state index is -1.43. The molecule has 0 spiro atoms. The van der Waals surface area contributed by atoms with Crippen LogP contribution >= 0.6 is 11.6 Å². The zero-order chi connectivity index (χ0) is 23.8. The second-order valence-corrected chi connectivity index (χ2v) is 7.27. The average Bonchev–Trinajstić information content (AvgIpc) is 2.81. The molecule has 0 aromatic heterocycles. The number of carbonyl (C=O) groups excluding carboxylic acids is 1. The third kappa shape index (κ3) is 6.05. The number of hydrogen-bond acceptors (Lipinski definition) is 4. The maximum absolute atomic E-state index is 12.3. The molecule has 0 aliphatic rings. The standard InChI is InChI=1S/C24H17ClN4O4/c25-19-6-1-15(2-7-19)11-12-28-23(30)16-3-8-20(9-4-16)33-21-10-5-17(13-18(21)14-26)22(29-27)24(31)32/h1-10,13H,11-12H2,(H,28,30)(H,31,32). The molecule has 0 saturated heterocycles. The third-order valence-electron chi connectivity index (χ3n) is 4.63. The molecule has 164 valence electrons. The predicted molar refractivity (Wildman–Crippen MR) is 121 cm³/mol. The normalized spacial score (nSPS) is 9.94. The molecule has 0 aliphatic heterocycles. The van der Waals surface area contributed by atoms with Gasteiger partial charge < -0.3 is 20.7 Å². The van der Waals surface area contributed by atoms with Crippen LogP contribution in [0.4, 0.5) is 0 Å². The van der Waals surface area contributed by atoms with Crippen LogP contribution in [0.1, 0.15) is 27.0 Å². The van der Waals surface area contributed by atoms with Crippen LogP contribution in [-0.4, -0.2) is 34.0 Å². The van der Waals surface area contributed by atoms with Crippen molar-refractivity contribution in [3.05, 3.63) is 99.5 Å². The molecule has 33 heavy (non-hydrogen) atoms. The Kier molecular flexibility index (Phi) is 7.55. The SMILES string of the molecule is N#Cc1cc(C(=[N+]=[N-])C(=O)O)ccc1Oc1ccc(C(=O)NCCc2ccc(Cl)cc2)cc1. The Morgan fingerprint density at radius 1 is 1.06 bits per heavy atom. The fraction of sp³-hybridized carbons (Fsp3) is 0.0833. The van der Waals surface area contributed by atoms with Gasteiger partial charge in [0.15, 0.2) is 0 Å². The topological polar surface area (TPSA) is 136 Å². The third-order valence-corrected chi connectivity index (χ3v) is 4.88. The number of ether oxygens (including phenoxy) is 1. The number of halogens is 1. The van der Waals surface area contributed by atoms with Crippen molar-refractivity contribution in [2.75, 3.05) is 6.54 Å². The molecule has 0 bridgehead atoms. The molecule has 9 heteroatoms. The highest BCUT2D eigenvalue weighted by Gasteiger charge is 2.23. The van der Waals surface area contributed by atoms with E-state index in [1.807, 2.05) is 18.2 Å². The van der Waals surface area contributed by atoms with Crippen LogP contribution in [-0.2, 0) is 11.2 Å². The first-order valence-corrected chi connectivity index (χ1v) is 10.1. The van der Waals surface area contributed by atoms with Crippen LogP contribution in [0.25, 0.3) is 5.53 Å². The summed E-state index contributed by atoms with van der Waals surface area (Å²) in [6.45, 7) is 0.464. The van der Waals surface area contributed by atoms with E-state index >= 15 is 0 Å². The van der Waals surface area contributed by atoms with Crippen molar-refractivity contribution in [2.45, 2.75) is 6.42 Å². The van der Waals surface area contributed by atoms with Gasteiger partial charge in [-0.3, -0.25) is 4.79 Å². The van der Waals surface area contributed by atoms with Gasteiger partial charge in [-0.15, -0.1) is 0 Å². The Morgan fingerprint density at radius 3 is 2.33 bits per heavy atom. The summed E-state index contributed by atoms with van der Waals surface area (Å²) in [4.78, 5) is 26.2. The predicted octanol–water partition coefficient (Wildman–Crippen LogP) is 4.08. The molecule has 0 fully saturated rings. The molecular weight excluding hydrogens is 444 g/mol. The summed E-state index contributed by atoms with van der Waals surface area (Å²) in [5, 5.41) is 21.9. The molecule has 3 aromatic rings. The lowest BCUT2D eigenvalue weighted by molar-refractivity contribution is -0.133. The van der Waals surface area contributed by atoms with E-state index in [0.717, 1.165) is 5.56 Å². The molecule has 0 aliphatic carbocycles. The highest BCUT2D eigenvalue weighted by atomic mass is 35.5. The molecule has 8 nitrogen and oxygen atoms in total. The molecule has 1 amide bonds. The molecule has 3 rings (SSSR count). The molecule has 3 aromatic carbocycles. The number of nitriles is 1. The van der Waals surface area contributed by atoms with Crippen molar-refractivity contribution in [3.63, 3.8) is 0 Å². The van der Waals surface area contributed by atoms with Crippen molar-refractivity contribution >= 4 is 29.2 Å².